The first-order valence-electron chi connectivity index (χ1n) is 15.8. The summed E-state index contributed by atoms with van der Waals surface area (Å²) < 4.78 is 27.9. The zero-order valence-corrected chi connectivity index (χ0v) is 26.8. The van der Waals surface area contributed by atoms with Crippen LogP contribution in [0.5, 0.6) is 17.4 Å². The second-order valence-corrected chi connectivity index (χ2v) is 11.1. The van der Waals surface area contributed by atoms with Crippen molar-refractivity contribution in [2.24, 2.45) is 0 Å². The summed E-state index contributed by atoms with van der Waals surface area (Å²) in [5.41, 5.74) is 3.01. The molecule has 2 aromatic carbocycles. The second kappa shape index (κ2) is 15.5. The molecule has 0 spiro atoms. The molecule has 1 unspecified atom stereocenters. The first-order chi connectivity index (χ1) is 23.9. The number of carbonyl (C=O) groups is 4. The third-order valence-electron chi connectivity index (χ3n) is 7.87. The molecular formula is C36H34N4O9. The molecule has 2 aliphatic heterocycles. The number of imide groups is 2. The fraction of sp³-hybridized carbons (Fsp3) is 0.278. The van der Waals surface area contributed by atoms with E-state index in [1.54, 1.807) is 19.4 Å². The number of hydrogen-bond donors (Lipinski definition) is 1. The molecule has 2 aliphatic rings. The van der Waals surface area contributed by atoms with Gasteiger partial charge in [-0.15, -0.1) is 0 Å². The number of aromatic nitrogens is 2. The van der Waals surface area contributed by atoms with Crippen LogP contribution < -0.4 is 19.5 Å². The van der Waals surface area contributed by atoms with Gasteiger partial charge in [0.2, 0.25) is 17.7 Å². The molecule has 1 saturated heterocycles. The first kappa shape index (κ1) is 33.2. The van der Waals surface area contributed by atoms with E-state index in [1.165, 1.54) is 12.1 Å². The van der Waals surface area contributed by atoms with Crippen molar-refractivity contribution in [3.8, 4) is 17.4 Å². The third kappa shape index (κ3) is 8.08. The van der Waals surface area contributed by atoms with Crippen LogP contribution in [0.2, 0.25) is 0 Å². The average Bonchev–Trinajstić information content (AvgIpc) is 3.36. The topological polar surface area (TPSA) is 155 Å². The van der Waals surface area contributed by atoms with Gasteiger partial charge in [-0.05, 0) is 66.6 Å². The number of rotatable bonds is 15. The normalized spacial score (nSPS) is 15.9. The number of pyridine rings is 2. The van der Waals surface area contributed by atoms with E-state index in [0.29, 0.717) is 38.1 Å². The molecule has 1 N–H and O–H groups in total. The van der Waals surface area contributed by atoms with Gasteiger partial charge in [-0.2, -0.15) is 0 Å². The summed E-state index contributed by atoms with van der Waals surface area (Å²) in [4.78, 5) is 59.2. The van der Waals surface area contributed by atoms with Gasteiger partial charge in [0.15, 0.2) is 0 Å². The second-order valence-electron chi connectivity index (χ2n) is 11.1. The lowest BCUT2D eigenvalue weighted by Gasteiger charge is -2.27. The number of methoxy groups -OCH3 is 1. The lowest BCUT2D eigenvalue weighted by molar-refractivity contribution is -0.136. The number of benzene rings is 2. The van der Waals surface area contributed by atoms with Gasteiger partial charge in [-0.25, -0.2) is 9.97 Å². The van der Waals surface area contributed by atoms with Crippen LogP contribution in [0.3, 0.4) is 0 Å². The van der Waals surface area contributed by atoms with Gasteiger partial charge in [0.25, 0.3) is 11.8 Å². The predicted octanol–water partition coefficient (Wildman–Crippen LogP) is 3.70. The standard InChI is InChI=1S/C36H34N4O9/c1-45-33-20-23(12-13-37-33)2-4-25-5-3-24-21-26(7-9-30(24)38-25)48-18-16-46-14-15-47-17-19-49-27-6-8-28-29(22-27)36(44)40(35(28)43)31-10-11-32(41)39-34(31)42/h2-9,12-13,20-22,31H,10-11,14-19H2,1H3,(H,39,41,42). The molecule has 252 valence electrons. The van der Waals surface area contributed by atoms with Crippen molar-refractivity contribution in [1.29, 1.82) is 0 Å². The van der Waals surface area contributed by atoms with Crippen molar-refractivity contribution in [3.05, 3.63) is 89.2 Å². The number of nitrogens with zero attached hydrogens (tertiary/aromatic N) is 3. The van der Waals surface area contributed by atoms with Crippen molar-refractivity contribution in [1.82, 2.24) is 20.2 Å². The van der Waals surface area contributed by atoms with Crippen LogP contribution in [0.1, 0.15) is 44.8 Å². The van der Waals surface area contributed by atoms with E-state index in [-0.39, 0.29) is 37.2 Å². The Hall–Kier alpha value is -5.66. The summed E-state index contributed by atoms with van der Waals surface area (Å²) in [6, 6.07) is 17.0. The average molecular weight is 667 g/mol. The minimum Gasteiger partial charge on any atom is -0.491 e. The number of fused-ring (bicyclic) bond motifs is 2. The molecule has 1 atom stereocenters. The Morgan fingerprint density at radius 1 is 0.796 bits per heavy atom. The Bertz CT molecular complexity index is 1910. The smallest absolute Gasteiger partial charge is 0.262 e. The van der Waals surface area contributed by atoms with Gasteiger partial charge in [0.1, 0.15) is 30.8 Å². The molecule has 4 amide bonds. The molecule has 4 heterocycles. The van der Waals surface area contributed by atoms with Crippen LogP contribution in [0.4, 0.5) is 0 Å². The van der Waals surface area contributed by atoms with Crippen molar-refractivity contribution < 1.29 is 42.9 Å². The lowest BCUT2D eigenvalue weighted by atomic mass is 10.0. The van der Waals surface area contributed by atoms with Crippen LogP contribution in [-0.2, 0) is 19.1 Å². The zero-order valence-electron chi connectivity index (χ0n) is 26.8. The van der Waals surface area contributed by atoms with Crippen LogP contribution in [0.25, 0.3) is 23.1 Å². The summed E-state index contributed by atoms with van der Waals surface area (Å²) in [5, 5.41) is 3.15. The molecule has 13 heteroatoms. The minimum atomic E-state index is -1.01. The minimum absolute atomic E-state index is 0.0622. The SMILES string of the molecule is COc1cc(C=Cc2ccc3cc(OCCOCCOCCOc4ccc5c(c4)C(=O)N(C4CCC(=O)NC4=O)C5=O)ccc3n2)ccn1. The fourth-order valence-electron chi connectivity index (χ4n) is 5.42. The maximum absolute atomic E-state index is 13.0. The van der Waals surface area contributed by atoms with E-state index < -0.39 is 29.7 Å². The number of hydrogen-bond acceptors (Lipinski definition) is 11. The molecule has 49 heavy (non-hydrogen) atoms. The maximum Gasteiger partial charge on any atom is 0.262 e. The van der Waals surface area contributed by atoms with Crippen LogP contribution >= 0.6 is 0 Å². The van der Waals surface area contributed by atoms with E-state index in [1.807, 2.05) is 54.6 Å². The fourth-order valence-corrected chi connectivity index (χ4v) is 5.42. The van der Waals surface area contributed by atoms with Gasteiger partial charge in [0.05, 0.1) is 55.9 Å². The molecule has 2 aromatic heterocycles. The Balaban J connectivity index is 0.861. The molecule has 13 nitrogen and oxygen atoms in total. The first-order valence-corrected chi connectivity index (χ1v) is 15.8. The highest BCUT2D eigenvalue weighted by Crippen LogP contribution is 2.30. The van der Waals surface area contributed by atoms with Crippen LogP contribution in [0, 0.1) is 0 Å². The van der Waals surface area contributed by atoms with Crippen LogP contribution in [0.15, 0.2) is 66.9 Å². The molecule has 6 rings (SSSR count). The third-order valence-corrected chi connectivity index (χ3v) is 7.87. The van der Waals surface area contributed by atoms with E-state index in [9.17, 15) is 19.2 Å². The molecule has 0 radical (unpaired) electrons. The Morgan fingerprint density at radius 2 is 1.51 bits per heavy atom. The summed E-state index contributed by atoms with van der Waals surface area (Å²) in [5.74, 6) is -0.548. The van der Waals surface area contributed by atoms with E-state index in [4.69, 9.17) is 28.7 Å². The maximum atomic E-state index is 13.0. The van der Waals surface area contributed by atoms with Crippen molar-refractivity contribution in [2.45, 2.75) is 18.9 Å². The van der Waals surface area contributed by atoms with Gasteiger partial charge >= 0.3 is 0 Å². The molecule has 4 aromatic rings. The summed E-state index contributed by atoms with van der Waals surface area (Å²) >= 11 is 0. The van der Waals surface area contributed by atoms with E-state index in [2.05, 4.69) is 10.3 Å². The van der Waals surface area contributed by atoms with Crippen molar-refractivity contribution in [2.75, 3.05) is 46.8 Å². The largest absolute Gasteiger partial charge is 0.491 e. The van der Waals surface area contributed by atoms with E-state index >= 15 is 0 Å². The number of nitrogens with one attached hydrogen (secondary N) is 1. The molecule has 0 aliphatic carbocycles. The van der Waals surface area contributed by atoms with Crippen molar-refractivity contribution in [3.63, 3.8) is 0 Å². The molecule has 0 bridgehead atoms. The summed E-state index contributed by atoms with van der Waals surface area (Å²) in [7, 11) is 1.59. The molecular weight excluding hydrogens is 632 g/mol. The molecule has 1 fully saturated rings. The van der Waals surface area contributed by atoms with Gasteiger partial charge < -0.3 is 23.7 Å². The van der Waals surface area contributed by atoms with Gasteiger partial charge in [-0.3, -0.25) is 29.4 Å². The lowest BCUT2D eigenvalue weighted by Crippen LogP contribution is -2.54. The number of piperidine rings is 1. The quantitative estimate of drug-likeness (QED) is 0.146. The monoisotopic (exact) mass is 666 g/mol. The van der Waals surface area contributed by atoms with Crippen molar-refractivity contribution >= 4 is 46.7 Å². The summed E-state index contributed by atoms with van der Waals surface area (Å²) in [6.07, 6.45) is 5.76. The number of ether oxygens (including phenoxy) is 5. The highest BCUT2D eigenvalue weighted by atomic mass is 16.6. The van der Waals surface area contributed by atoms with E-state index in [0.717, 1.165) is 32.8 Å². The zero-order chi connectivity index (χ0) is 34.2. The number of carbonyl (C=O) groups excluding carboxylic acids is 4. The van der Waals surface area contributed by atoms with Crippen LogP contribution in [-0.4, -0.2) is 91.3 Å². The van der Waals surface area contributed by atoms with Gasteiger partial charge in [0, 0.05) is 24.1 Å². The Labute approximate surface area is 281 Å². The molecule has 0 saturated carbocycles. The number of amides is 4. The highest BCUT2D eigenvalue weighted by Gasteiger charge is 2.44. The Kier molecular flexibility index (Phi) is 10.5. The summed E-state index contributed by atoms with van der Waals surface area (Å²) in [6.45, 7) is 1.99. The predicted molar refractivity (Wildman–Crippen MR) is 177 cm³/mol. The Morgan fingerprint density at radius 3 is 2.27 bits per heavy atom. The highest BCUT2D eigenvalue weighted by molar-refractivity contribution is 6.23. The van der Waals surface area contributed by atoms with Gasteiger partial charge in [-0.1, -0.05) is 12.1 Å².